The topological polar surface area (TPSA) is 49.3 Å². The van der Waals surface area contributed by atoms with E-state index in [0.29, 0.717) is 6.42 Å². The lowest BCUT2D eigenvalue weighted by Gasteiger charge is -2.03. The smallest absolute Gasteiger partial charge is 0.303 e. The molecule has 3 heteroatoms. The molecule has 0 aromatic heterocycles. The third kappa shape index (κ3) is 17.4. The summed E-state index contributed by atoms with van der Waals surface area (Å²) in [6, 6.07) is 0. The minimum Gasteiger partial charge on any atom is -0.481 e. The first-order chi connectivity index (χ1) is 9.27. The van der Waals surface area contributed by atoms with Crippen molar-refractivity contribution in [2.24, 2.45) is 0 Å². The van der Waals surface area contributed by atoms with Crippen LogP contribution in [0.3, 0.4) is 0 Å². The van der Waals surface area contributed by atoms with Gasteiger partial charge in [-0.15, -0.1) is 0 Å². The second kappa shape index (κ2) is 15.5. The number of nitrogens with one attached hydrogen (secondary N) is 1. The van der Waals surface area contributed by atoms with Gasteiger partial charge in [0.05, 0.1) is 0 Å². The molecule has 0 saturated heterocycles. The first kappa shape index (κ1) is 18.4. The zero-order valence-corrected chi connectivity index (χ0v) is 12.8. The second-order valence-electron chi connectivity index (χ2n) is 5.39. The van der Waals surface area contributed by atoms with E-state index in [1.807, 2.05) is 0 Å². The van der Waals surface area contributed by atoms with Crippen molar-refractivity contribution < 1.29 is 9.90 Å². The molecule has 0 rings (SSSR count). The lowest BCUT2D eigenvalue weighted by Crippen LogP contribution is -2.13. The fourth-order valence-electron chi connectivity index (χ4n) is 2.29. The summed E-state index contributed by atoms with van der Waals surface area (Å²) in [4.78, 5) is 10.3. The fraction of sp³-hybridized carbons (Fsp3) is 0.938. The molecule has 0 heterocycles. The van der Waals surface area contributed by atoms with Gasteiger partial charge in [0.2, 0.25) is 0 Å². The van der Waals surface area contributed by atoms with E-state index < -0.39 is 5.97 Å². The molecule has 0 aromatic rings. The second-order valence-corrected chi connectivity index (χ2v) is 5.39. The Morgan fingerprint density at radius 1 is 0.789 bits per heavy atom. The maximum absolute atomic E-state index is 10.3. The predicted octanol–water partition coefficient (Wildman–Crippen LogP) is 4.36. The summed E-state index contributed by atoms with van der Waals surface area (Å²) >= 11 is 0. The number of rotatable bonds is 15. The molecule has 0 aliphatic rings. The largest absolute Gasteiger partial charge is 0.481 e. The van der Waals surface area contributed by atoms with Gasteiger partial charge in [-0.3, -0.25) is 4.79 Å². The van der Waals surface area contributed by atoms with E-state index in [9.17, 15) is 4.79 Å². The molecule has 0 atom stereocenters. The van der Waals surface area contributed by atoms with Gasteiger partial charge >= 0.3 is 5.97 Å². The van der Waals surface area contributed by atoms with Gasteiger partial charge in [-0.05, 0) is 25.9 Å². The van der Waals surface area contributed by atoms with Crippen LogP contribution in [0.15, 0.2) is 0 Å². The van der Waals surface area contributed by atoms with Crippen molar-refractivity contribution in [3.05, 3.63) is 0 Å². The van der Waals surface area contributed by atoms with Crippen LogP contribution in [0.4, 0.5) is 0 Å². The SMILES string of the molecule is CCNCCCCCCCCCCCCCC(=O)O. The highest BCUT2D eigenvalue weighted by atomic mass is 16.4. The van der Waals surface area contributed by atoms with Crippen molar-refractivity contribution in [1.82, 2.24) is 5.32 Å². The van der Waals surface area contributed by atoms with Crippen molar-refractivity contribution in [2.75, 3.05) is 13.1 Å². The summed E-state index contributed by atoms with van der Waals surface area (Å²) in [5.74, 6) is -0.658. The third-order valence-corrected chi connectivity index (χ3v) is 3.49. The first-order valence-corrected chi connectivity index (χ1v) is 8.20. The minimum atomic E-state index is -0.658. The minimum absolute atomic E-state index is 0.340. The Morgan fingerprint density at radius 2 is 1.21 bits per heavy atom. The monoisotopic (exact) mass is 271 g/mol. The van der Waals surface area contributed by atoms with E-state index >= 15 is 0 Å². The van der Waals surface area contributed by atoms with E-state index in [4.69, 9.17) is 5.11 Å². The van der Waals surface area contributed by atoms with Crippen LogP contribution >= 0.6 is 0 Å². The van der Waals surface area contributed by atoms with Gasteiger partial charge in [-0.2, -0.15) is 0 Å². The molecule has 2 N–H and O–H groups in total. The highest BCUT2D eigenvalue weighted by Gasteiger charge is 1.96. The number of carbonyl (C=O) groups is 1. The Bertz CT molecular complexity index is 195. The normalized spacial score (nSPS) is 10.8. The Balaban J connectivity index is 2.93. The molecule has 0 spiro atoms. The highest BCUT2D eigenvalue weighted by molar-refractivity contribution is 5.66. The van der Waals surface area contributed by atoms with Crippen LogP contribution in [0.2, 0.25) is 0 Å². The van der Waals surface area contributed by atoms with Crippen LogP contribution in [-0.4, -0.2) is 24.2 Å². The fourth-order valence-corrected chi connectivity index (χ4v) is 2.29. The van der Waals surface area contributed by atoms with Crippen LogP contribution in [0, 0.1) is 0 Å². The van der Waals surface area contributed by atoms with Gasteiger partial charge in [-0.25, -0.2) is 0 Å². The highest BCUT2D eigenvalue weighted by Crippen LogP contribution is 2.11. The number of hydrogen-bond acceptors (Lipinski definition) is 2. The van der Waals surface area contributed by atoms with Crippen molar-refractivity contribution in [2.45, 2.75) is 84.0 Å². The molecule has 0 amide bonds. The summed E-state index contributed by atoms with van der Waals surface area (Å²) in [6.45, 7) is 4.42. The van der Waals surface area contributed by atoms with Gasteiger partial charge in [0.25, 0.3) is 0 Å². The van der Waals surface area contributed by atoms with Gasteiger partial charge < -0.3 is 10.4 Å². The number of carboxylic acids is 1. The van der Waals surface area contributed by atoms with Gasteiger partial charge in [0.1, 0.15) is 0 Å². The molecule has 0 radical (unpaired) electrons. The molecule has 0 fully saturated rings. The third-order valence-electron chi connectivity index (χ3n) is 3.49. The summed E-state index contributed by atoms with van der Waals surface area (Å²) in [5, 5.41) is 11.9. The van der Waals surface area contributed by atoms with E-state index in [2.05, 4.69) is 12.2 Å². The molecular formula is C16H33NO2. The summed E-state index contributed by atoms with van der Waals surface area (Å²) in [6.07, 6.45) is 14.2. The van der Waals surface area contributed by atoms with Crippen molar-refractivity contribution in [3.8, 4) is 0 Å². The molecule has 0 unspecified atom stereocenters. The van der Waals surface area contributed by atoms with Crippen LogP contribution in [-0.2, 0) is 4.79 Å². The summed E-state index contributed by atoms with van der Waals surface area (Å²) < 4.78 is 0. The number of unbranched alkanes of at least 4 members (excludes halogenated alkanes) is 10. The molecular weight excluding hydrogens is 238 g/mol. The maximum atomic E-state index is 10.3. The molecule has 0 aliphatic carbocycles. The van der Waals surface area contributed by atoms with Crippen LogP contribution in [0.25, 0.3) is 0 Å². The van der Waals surface area contributed by atoms with E-state index in [1.165, 1.54) is 64.3 Å². The summed E-state index contributed by atoms with van der Waals surface area (Å²) in [5.41, 5.74) is 0. The van der Waals surface area contributed by atoms with E-state index in [0.717, 1.165) is 19.4 Å². The zero-order chi connectivity index (χ0) is 14.2. The Labute approximate surface area is 119 Å². The summed E-state index contributed by atoms with van der Waals surface area (Å²) in [7, 11) is 0. The molecule has 114 valence electrons. The van der Waals surface area contributed by atoms with Crippen LogP contribution in [0.1, 0.15) is 84.0 Å². The first-order valence-electron chi connectivity index (χ1n) is 8.20. The van der Waals surface area contributed by atoms with Crippen LogP contribution < -0.4 is 5.32 Å². The standard InChI is InChI=1S/C16H33NO2/c1-2-17-15-13-11-9-7-5-3-4-6-8-10-12-14-16(18)19/h17H,2-15H2,1H3,(H,18,19). The zero-order valence-electron chi connectivity index (χ0n) is 12.8. The Morgan fingerprint density at radius 3 is 1.63 bits per heavy atom. The molecule has 0 aliphatic heterocycles. The van der Waals surface area contributed by atoms with Gasteiger partial charge in [-0.1, -0.05) is 64.7 Å². The predicted molar refractivity (Wildman–Crippen MR) is 81.6 cm³/mol. The Kier molecular flexibility index (Phi) is 15.0. The average Bonchev–Trinajstić information content (AvgIpc) is 2.39. The van der Waals surface area contributed by atoms with E-state index in [1.54, 1.807) is 0 Å². The van der Waals surface area contributed by atoms with Gasteiger partial charge in [0.15, 0.2) is 0 Å². The quantitative estimate of drug-likeness (QED) is 0.435. The average molecular weight is 271 g/mol. The molecule has 0 bridgehead atoms. The number of carboxylic acid groups (broad SMARTS) is 1. The lowest BCUT2D eigenvalue weighted by atomic mass is 10.1. The van der Waals surface area contributed by atoms with E-state index in [-0.39, 0.29) is 0 Å². The number of hydrogen-bond donors (Lipinski definition) is 2. The van der Waals surface area contributed by atoms with Crippen molar-refractivity contribution in [1.29, 1.82) is 0 Å². The van der Waals surface area contributed by atoms with Crippen molar-refractivity contribution >= 4 is 5.97 Å². The molecule has 19 heavy (non-hydrogen) atoms. The molecule has 0 aromatic carbocycles. The lowest BCUT2D eigenvalue weighted by molar-refractivity contribution is -0.137. The Hall–Kier alpha value is -0.570. The van der Waals surface area contributed by atoms with Crippen molar-refractivity contribution in [3.63, 3.8) is 0 Å². The molecule has 0 saturated carbocycles. The molecule has 3 nitrogen and oxygen atoms in total. The van der Waals surface area contributed by atoms with Gasteiger partial charge in [0, 0.05) is 6.42 Å². The number of aliphatic carboxylic acids is 1. The van der Waals surface area contributed by atoms with Crippen LogP contribution in [0.5, 0.6) is 0 Å². The maximum Gasteiger partial charge on any atom is 0.303 e.